The minimum absolute atomic E-state index is 0.313. The van der Waals surface area contributed by atoms with E-state index < -0.39 is 12.6 Å². The normalized spacial score (nSPS) is 59.5. The van der Waals surface area contributed by atoms with Gasteiger partial charge >= 0.3 is 0 Å². The molecule has 0 aromatic heterocycles. The van der Waals surface area contributed by atoms with Crippen molar-refractivity contribution in [3.05, 3.63) is 0 Å². The molecule has 0 aromatic rings. The van der Waals surface area contributed by atoms with Gasteiger partial charge in [0.1, 0.15) is 0 Å². The van der Waals surface area contributed by atoms with Crippen molar-refractivity contribution in [2.24, 2.45) is 10.8 Å². The maximum absolute atomic E-state index is 9.76. The summed E-state index contributed by atoms with van der Waals surface area (Å²) < 4.78 is 10.5. The largest absolute Gasteiger partial charge is 0.367 e. The van der Waals surface area contributed by atoms with Crippen LogP contribution < -0.4 is 0 Å². The number of aliphatic hydroxyl groups is 2. The van der Waals surface area contributed by atoms with Crippen LogP contribution in [0.25, 0.3) is 0 Å². The Bertz CT molecular complexity index is 220. The number of hydrogen-bond donors (Lipinski definition) is 2. The van der Waals surface area contributed by atoms with E-state index in [0.29, 0.717) is 13.2 Å². The molecule has 2 heterocycles. The van der Waals surface area contributed by atoms with Crippen molar-refractivity contribution < 1.29 is 19.7 Å². The standard InChI is InChI=1S/C9H14O4/c10-6-8-2-1-3-9(8,5-13-6)7(11)12-4-8/h6-7,10-11H,1-5H2/t6?,7?,8-,9?/m0/s1. The second-order valence-corrected chi connectivity index (χ2v) is 4.49. The summed E-state index contributed by atoms with van der Waals surface area (Å²) in [6.07, 6.45) is 1.39. The first kappa shape index (κ1) is 8.17. The molecule has 0 spiro atoms. The molecule has 3 unspecified atom stereocenters. The van der Waals surface area contributed by atoms with E-state index >= 15 is 0 Å². The van der Waals surface area contributed by atoms with Gasteiger partial charge in [0.15, 0.2) is 12.6 Å². The minimum atomic E-state index is -0.743. The quantitative estimate of drug-likeness (QED) is 0.552. The lowest BCUT2D eigenvalue weighted by atomic mass is 9.69. The summed E-state index contributed by atoms with van der Waals surface area (Å²) in [6.45, 7) is 0.880. The zero-order valence-corrected chi connectivity index (χ0v) is 7.40. The summed E-state index contributed by atoms with van der Waals surface area (Å²) in [6, 6.07) is 0. The van der Waals surface area contributed by atoms with Crippen molar-refractivity contribution in [1.82, 2.24) is 0 Å². The van der Waals surface area contributed by atoms with Crippen molar-refractivity contribution >= 4 is 0 Å². The zero-order valence-electron chi connectivity index (χ0n) is 7.40. The summed E-state index contributed by atoms with van der Waals surface area (Å²) in [5.74, 6) is 0. The Morgan fingerprint density at radius 2 is 1.38 bits per heavy atom. The summed E-state index contributed by atoms with van der Waals surface area (Å²) in [5.41, 5.74) is -0.626. The molecule has 2 N–H and O–H groups in total. The molecule has 0 radical (unpaired) electrons. The molecule has 4 atom stereocenters. The lowest BCUT2D eigenvalue weighted by molar-refractivity contribution is -0.152. The molecule has 74 valence electrons. The summed E-state index contributed by atoms with van der Waals surface area (Å²) in [5, 5.41) is 19.5. The highest BCUT2D eigenvalue weighted by molar-refractivity contribution is 5.12. The average molecular weight is 186 g/mol. The van der Waals surface area contributed by atoms with E-state index in [-0.39, 0.29) is 10.8 Å². The highest BCUT2D eigenvalue weighted by Crippen LogP contribution is 2.64. The fraction of sp³-hybridized carbons (Fsp3) is 1.00. The van der Waals surface area contributed by atoms with Crippen molar-refractivity contribution in [2.45, 2.75) is 31.8 Å². The molecule has 0 amide bonds. The predicted molar refractivity (Wildman–Crippen MR) is 42.6 cm³/mol. The summed E-state index contributed by atoms with van der Waals surface area (Å²) >= 11 is 0. The van der Waals surface area contributed by atoms with E-state index in [2.05, 4.69) is 0 Å². The van der Waals surface area contributed by atoms with Crippen molar-refractivity contribution in [2.75, 3.05) is 13.2 Å². The molecule has 0 aromatic carbocycles. The summed E-state index contributed by atoms with van der Waals surface area (Å²) in [4.78, 5) is 0. The molecule has 3 aliphatic rings. The van der Waals surface area contributed by atoms with E-state index in [4.69, 9.17) is 9.47 Å². The topological polar surface area (TPSA) is 58.9 Å². The molecule has 3 fully saturated rings. The molecule has 4 heteroatoms. The van der Waals surface area contributed by atoms with Gasteiger partial charge in [0, 0.05) is 0 Å². The van der Waals surface area contributed by atoms with Gasteiger partial charge in [-0.05, 0) is 12.8 Å². The highest BCUT2D eigenvalue weighted by Gasteiger charge is 2.71. The maximum atomic E-state index is 9.76. The molecule has 4 nitrogen and oxygen atoms in total. The lowest BCUT2D eigenvalue weighted by Crippen LogP contribution is -2.42. The monoisotopic (exact) mass is 186 g/mol. The zero-order chi connectivity index (χ0) is 9.10. The molecule has 13 heavy (non-hydrogen) atoms. The summed E-state index contributed by atoms with van der Waals surface area (Å²) in [7, 11) is 0. The molecular weight excluding hydrogens is 172 g/mol. The molecule has 3 rings (SSSR count). The first-order valence-corrected chi connectivity index (χ1v) is 4.81. The maximum Gasteiger partial charge on any atom is 0.163 e. The van der Waals surface area contributed by atoms with Crippen LogP contribution in [-0.2, 0) is 9.47 Å². The van der Waals surface area contributed by atoms with Crippen LogP contribution in [0.2, 0.25) is 0 Å². The van der Waals surface area contributed by atoms with Crippen LogP contribution in [-0.4, -0.2) is 36.0 Å². The molecule has 2 aliphatic heterocycles. The van der Waals surface area contributed by atoms with Gasteiger partial charge in [-0.25, -0.2) is 0 Å². The lowest BCUT2D eigenvalue weighted by Gasteiger charge is -2.32. The van der Waals surface area contributed by atoms with Crippen LogP contribution >= 0.6 is 0 Å². The fourth-order valence-electron chi connectivity index (χ4n) is 3.30. The van der Waals surface area contributed by atoms with Crippen molar-refractivity contribution in [1.29, 1.82) is 0 Å². The van der Waals surface area contributed by atoms with E-state index in [1.54, 1.807) is 0 Å². The van der Waals surface area contributed by atoms with E-state index in [1.807, 2.05) is 0 Å². The Morgan fingerprint density at radius 3 is 1.85 bits per heavy atom. The van der Waals surface area contributed by atoms with Crippen LogP contribution in [0.4, 0.5) is 0 Å². The Morgan fingerprint density at radius 1 is 0.923 bits per heavy atom. The second kappa shape index (κ2) is 2.25. The second-order valence-electron chi connectivity index (χ2n) is 4.49. The molecule has 0 bridgehead atoms. The van der Waals surface area contributed by atoms with Gasteiger partial charge in [0.25, 0.3) is 0 Å². The first-order chi connectivity index (χ1) is 6.21. The van der Waals surface area contributed by atoms with E-state index in [1.165, 1.54) is 0 Å². The number of aliphatic hydroxyl groups excluding tert-OH is 2. The van der Waals surface area contributed by atoms with Gasteiger partial charge in [-0.1, -0.05) is 6.42 Å². The number of hydrogen-bond acceptors (Lipinski definition) is 4. The molecule has 1 saturated carbocycles. The Balaban J connectivity index is 2.09. The third-order valence-electron chi connectivity index (χ3n) is 4.18. The molecule has 1 aliphatic carbocycles. The Hall–Kier alpha value is -0.160. The highest BCUT2D eigenvalue weighted by atomic mass is 16.6. The van der Waals surface area contributed by atoms with Crippen LogP contribution in [0.15, 0.2) is 0 Å². The van der Waals surface area contributed by atoms with Gasteiger partial charge < -0.3 is 19.7 Å². The van der Waals surface area contributed by atoms with Gasteiger partial charge in [-0.15, -0.1) is 0 Å². The van der Waals surface area contributed by atoms with Crippen molar-refractivity contribution in [3.63, 3.8) is 0 Å². The Kier molecular flexibility index (Phi) is 1.42. The SMILES string of the molecule is OC1OC[C@]23CCCC12COC3O. The Labute approximate surface area is 76.5 Å². The molecular formula is C9H14O4. The van der Waals surface area contributed by atoms with Gasteiger partial charge in [-0.2, -0.15) is 0 Å². The minimum Gasteiger partial charge on any atom is -0.367 e. The van der Waals surface area contributed by atoms with E-state index in [0.717, 1.165) is 19.3 Å². The van der Waals surface area contributed by atoms with Crippen LogP contribution in [0.3, 0.4) is 0 Å². The van der Waals surface area contributed by atoms with Crippen LogP contribution in [0.5, 0.6) is 0 Å². The molecule has 2 saturated heterocycles. The predicted octanol–water partition coefficient (Wildman–Crippen LogP) is -0.160. The van der Waals surface area contributed by atoms with Gasteiger partial charge in [-0.3, -0.25) is 0 Å². The number of ether oxygens (including phenoxy) is 2. The van der Waals surface area contributed by atoms with Gasteiger partial charge in [0.2, 0.25) is 0 Å². The first-order valence-electron chi connectivity index (χ1n) is 4.81. The van der Waals surface area contributed by atoms with Crippen LogP contribution in [0.1, 0.15) is 19.3 Å². The smallest absolute Gasteiger partial charge is 0.163 e. The van der Waals surface area contributed by atoms with Gasteiger partial charge in [0.05, 0.1) is 24.0 Å². The third-order valence-corrected chi connectivity index (χ3v) is 4.18. The fourth-order valence-corrected chi connectivity index (χ4v) is 3.30. The third kappa shape index (κ3) is 0.687. The number of rotatable bonds is 0. The average Bonchev–Trinajstić information content (AvgIpc) is 2.67. The van der Waals surface area contributed by atoms with Crippen LogP contribution in [0, 0.1) is 10.8 Å². The van der Waals surface area contributed by atoms with Crippen molar-refractivity contribution in [3.8, 4) is 0 Å². The van der Waals surface area contributed by atoms with E-state index in [9.17, 15) is 10.2 Å².